The molecule has 1 aliphatic heterocycles. The molecule has 1 aliphatic rings. The molecule has 1 aromatic carbocycles. The van der Waals surface area contributed by atoms with Gasteiger partial charge in [-0.05, 0) is 23.8 Å². The maximum atomic E-state index is 12.5. The Labute approximate surface area is 148 Å². The van der Waals surface area contributed by atoms with Crippen molar-refractivity contribution in [3.05, 3.63) is 53.7 Å². The Balaban J connectivity index is 1.52. The van der Waals surface area contributed by atoms with Gasteiger partial charge in [0, 0.05) is 45.0 Å². The predicted molar refractivity (Wildman–Crippen MR) is 95.0 cm³/mol. The van der Waals surface area contributed by atoms with Crippen LogP contribution in [0, 0.1) is 0 Å². The molecule has 1 amide bonds. The highest BCUT2D eigenvalue weighted by Crippen LogP contribution is 2.15. The first kappa shape index (κ1) is 17.2. The molecule has 3 rings (SSSR count). The summed E-state index contributed by atoms with van der Waals surface area (Å²) in [5, 5.41) is 0. The summed E-state index contributed by atoms with van der Waals surface area (Å²) in [6.45, 7) is 4.06. The van der Waals surface area contributed by atoms with Gasteiger partial charge in [-0.3, -0.25) is 9.69 Å². The van der Waals surface area contributed by atoms with Gasteiger partial charge in [-0.1, -0.05) is 12.1 Å². The lowest BCUT2D eigenvalue weighted by atomic mass is 10.1. The zero-order chi connectivity index (χ0) is 17.6. The molecule has 25 heavy (non-hydrogen) atoms. The number of hydrogen-bond acceptors (Lipinski definition) is 5. The molecule has 1 fully saturated rings. The van der Waals surface area contributed by atoms with Crippen LogP contribution in [0.5, 0.6) is 11.6 Å². The van der Waals surface area contributed by atoms with E-state index in [4.69, 9.17) is 9.47 Å². The van der Waals surface area contributed by atoms with E-state index in [0.29, 0.717) is 11.4 Å². The Morgan fingerprint density at radius 2 is 1.72 bits per heavy atom. The fourth-order valence-corrected chi connectivity index (χ4v) is 2.91. The van der Waals surface area contributed by atoms with E-state index in [1.807, 2.05) is 17.0 Å². The van der Waals surface area contributed by atoms with Crippen molar-refractivity contribution in [3.8, 4) is 11.6 Å². The highest BCUT2D eigenvalue weighted by molar-refractivity contribution is 5.94. The molecular weight excluding hydrogens is 318 g/mol. The second-order valence-corrected chi connectivity index (χ2v) is 6.01. The first-order chi connectivity index (χ1) is 12.2. The zero-order valence-electron chi connectivity index (χ0n) is 14.6. The first-order valence-electron chi connectivity index (χ1n) is 8.34. The van der Waals surface area contributed by atoms with Crippen molar-refractivity contribution in [2.45, 2.75) is 6.54 Å². The Kier molecular flexibility index (Phi) is 5.50. The summed E-state index contributed by atoms with van der Waals surface area (Å²) in [5.74, 6) is 1.41. The number of hydrogen-bond donors (Lipinski definition) is 0. The number of piperazine rings is 1. The average Bonchev–Trinajstić information content (AvgIpc) is 2.69. The van der Waals surface area contributed by atoms with Crippen molar-refractivity contribution in [3.63, 3.8) is 0 Å². The number of benzene rings is 1. The summed E-state index contributed by atoms with van der Waals surface area (Å²) in [4.78, 5) is 20.9. The van der Waals surface area contributed by atoms with Gasteiger partial charge < -0.3 is 14.4 Å². The molecular formula is C19H23N3O3. The molecule has 0 radical (unpaired) electrons. The fraction of sp³-hybridized carbons (Fsp3) is 0.368. The van der Waals surface area contributed by atoms with Crippen LogP contribution in [0.25, 0.3) is 0 Å². The third-order valence-electron chi connectivity index (χ3n) is 4.42. The standard InChI is InChI=1S/C19H23N3O3/c1-24-17-6-3-15(4-7-17)14-21-9-11-22(12-10-21)19(23)16-5-8-18(25-2)20-13-16/h3-8,13H,9-12,14H2,1-2H3. The van der Waals surface area contributed by atoms with Crippen LogP contribution in [0.15, 0.2) is 42.6 Å². The topological polar surface area (TPSA) is 54.9 Å². The van der Waals surface area contributed by atoms with Crippen LogP contribution in [-0.4, -0.2) is 61.1 Å². The van der Waals surface area contributed by atoms with Gasteiger partial charge in [-0.15, -0.1) is 0 Å². The van der Waals surface area contributed by atoms with E-state index in [2.05, 4.69) is 22.0 Å². The lowest BCUT2D eigenvalue weighted by Gasteiger charge is -2.34. The molecule has 0 aliphatic carbocycles. The maximum Gasteiger partial charge on any atom is 0.255 e. The molecule has 6 nitrogen and oxygen atoms in total. The van der Waals surface area contributed by atoms with Gasteiger partial charge in [0.25, 0.3) is 5.91 Å². The summed E-state index contributed by atoms with van der Waals surface area (Å²) < 4.78 is 10.2. The van der Waals surface area contributed by atoms with E-state index in [-0.39, 0.29) is 5.91 Å². The quantitative estimate of drug-likeness (QED) is 0.833. The van der Waals surface area contributed by atoms with Gasteiger partial charge in [-0.2, -0.15) is 0 Å². The Morgan fingerprint density at radius 3 is 2.28 bits per heavy atom. The minimum Gasteiger partial charge on any atom is -0.497 e. The third-order valence-corrected chi connectivity index (χ3v) is 4.42. The number of carbonyl (C=O) groups is 1. The second-order valence-electron chi connectivity index (χ2n) is 6.01. The van der Waals surface area contributed by atoms with E-state index in [1.54, 1.807) is 32.5 Å². The van der Waals surface area contributed by atoms with Crippen LogP contribution in [0.1, 0.15) is 15.9 Å². The molecule has 0 bridgehead atoms. The highest BCUT2D eigenvalue weighted by Gasteiger charge is 2.22. The molecule has 2 heterocycles. The van der Waals surface area contributed by atoms with Gasteiger partial charge in [-0.25, -0.2) is 4.98 Å². The summed E-state index contributed by atoms with van der Waals surface area (Å²) in [5.41, 5.74) is 1.85. The lowest BCUT2D eigenvalue weighted by molar-refractivity contribution is 0.0628. The minimum atomic E-state index is 0.0271. The number of ether oxygens (including phenoxy) is 2. The minimum absolute atomic E-state index is 0.0271. The molecule has 6 heteroatoms. The van der Waals surface area contributed by atoms with Gasteiger partial charge >= 0.3 is 0 Å². The SMILES string of the molecule is COc1ccc(CN2CCN(C(=O)c3ccc(OC)nc3)CC2)cc1. The van der Waals surface area contributed by atoms with E-state index >= 15 is 0 Å². The molecule has 0 unspecified atom stereocenters. The largest absolute Gasteiger partial charge is 0.497 e. The Hall–Kier alpha value is -2.60. The second kappa shape index (κ2) is 7.98. The van der Waals surface area contributed by atoms with Crippen molar-refractivity contribution in [2.24, 2.45) is 0 Å². The van der Waals surface area contributed by atoms with Crippen molar-refractivity contribution in [1.29, 1.82) is 0 Å². The van der Waals surface area contributed by atoms with Gasteiger partial charge in [0.1, 0.15) is 5.75 Å². The Bertz CT molecular complexity index is 693. The van der Waals surface area contributed by atoms with Crippen LogP contribution in [0.4, 0.5) is 0 Å². The third kappa shape index (κ3) is 4.28. The number of rotatable bonds is 5. The monoisotopic (exact) mass is 341 g/mol. The number of pyridine rings is 1. The van der Waals surface area contributed by atoms with Gasteiger partial charge in [0.05, 0.1) is 19.8 Å². The number of aromatic nitrogens is 1. The first-order valence-corrected chi connectivity index (χ1v) is 8.34. The zero-order valence-corrected chi connectivity index (χ0v) is 14.6. The Morgan fingerprint density at radius 1 is 1.00 bits per heavy atom. The average molecular weight is 341 g/mol. The van der Waals surface area contributed by atoms with Crippen molar-refractivity contribution < 1.29 is 14.3 Å². The fourth-order valence-electron chi connectivity index (χ4n) is 2.91. The number of nitrogens with zero attached hydrogens (tertiary/aromatic N) is 3. The van der Waals surface area contributed by atoms with Gasteiger partial charge in [0.15, 0.2) is 0 Å². The summed E-state index contributed by atoms with van der Waals surface area (Å²) in [6.07, 6.45) is 1.57. The number of carbonyl (C=O) groups excluding carboxylic acids is 1. The molecule has 0 atom stereocenters. The van der Waals surface area contributed by atoms with E-state index < -0.39 is 0 Å². The predicted octanol–water partition coefficient (Wildman–Crippen LogP) is 2.06. The van der Waals surface area contributed by atoms with Gasteiger partial charge in [0.2, 0.25) is 5.88 Å². The number of methoxy groups -OCH3 is 2. The van der Waals surface area contributed by atoms with E-state index in [9.17, 15) is 4.79 Å². The van der Waals surface area contributed by atoms with Crippen molar-refractivity contribution in [2.75, 3.05) is 40.4 Å². The van der Waals surface area contributed by atoms with Crippen molar-refractivity contribution in [1.82, 2.24) is 14.8 Å². The lowest BCUT2D eigenvalue weighted by Crippen LogP contribution is -2.48. The smallest absolute Gasteiger partial charge is 0.255 e. The summed E-state index contributed by atoms with van der Waals surface area (Å²) in [7, 11) is 3.23. The molecule has 0 saturated carbocycles. The molecule has 2 aromatic rings. The highest BCUT2D eigenvalue weighted by atomic mass is 16.5. The van der Waals surface area contributed by atoms with Crippen LogP contribution < -0.4 is 9.47 Å². The van der Waals surface area contributed by atoms with E-state index in [0.717, 1.165) is 38.5 Å². The molecule has 0 spiro atoms. The summed E-state index contributed by atoms with van der Waals surface area (Å²) >= 11 is 0. The van der Waals surface area contributed by atoms with Crippen LogP contribution in [0.2, 0.25) is 0 Å². The van der Waals surface area contributed by atoms with Crippen molar-refractivity contribution >= 4 is 5.91 Å². The molecule has 132 valence electrons. The van der Waals surface area contributed by atoms with Crippen LogP contribution in [0.3, 0.4) is 0 Å². The molecule has 0 N–H and O–H groups in total. The maximum absolute atomic E-state index is 12.5. The normalized spacial score (nSPS) is 15.0. The number of amides is 1. The molecule has 1 aromatic heterocycles. The molecule has 1 saturated heterocycles. The van der Waals surface area contributed by atoms with Crippen LogP contribution in [-0.2, 0) is 6.54 Å². The van der Waals surface area contributed by atoms with Crippen LogP contribution >= 0.6 is 0 Å². The summed E-state index contributed by atoms with van der Waals surface area (Å²) in [6, 6.07) is 11.6. The van der Waals surface area contributed by atoms with E-state index in [1.165, 1.54) is 5.56 Å².